The van der Waals surface area contributed by atoms with Crippen molar-refractivity contribution in [1.29, 1.82) is 5.26 Å². The lowest BCUT2D eigenvalue weighted by Crippen LogP contribution is -2.38. The number of rotatable bonds is 9. The Morgan fingerprint density at radius 2 is 2.09 bits per heavy atom. The Bertz CT molecular complexity index is 2080. The number of benzene rings is 1. The van der Waals surface area contributed by atoms with E-state index in [0.29, 0.717) is 72.9 Å². The number of alkyl halides is 2. The van der Waals surface area contributed by atoms with E-state index in [1.807, 2.05) is 18.2 Å². The summed E-state index contributed by atoms with van der Waals surface area (Å²) in [5, 5.41) is 22.1. The predicted molar refractivity (Wildman–Crippen MR) is 173 cm³/mol. The molecule has 1 aromatic carbocycles. The van der Waals surface area contributed by atoms with Gasteiger partial charge in [-0.25, -0.2) is 18.6 Å². The van der Waals surface area contributed by atoms with Crippen molar-refractivity contribution in [3.63, 3.8) is 0 Å². The largest absolute Gasteiger partial charge is 0.478 e. The number of nitriles is 1. The van der Waals surface area contributed by atoms with E-state index < -0.39 is 12.4 Å². The van der Waals surface area contributed by atoms with Gasteiger partial charge < -0.3 is 5.11 Å². The minimum Gasteiger partial charge on any atom is -0.478 e. The Hall–Kier alpha value is -4.31. The number of likely N-dealkylation sites (tertiary alicyclic amines) is 1. The molecule has 4 aromatic heterocycles. The van der Waals surface area contributed by atoms with Gasteiger partial charge in [0.1, 0.15) is 11.9 Å². The van der Waals surface area contributed by atoms with Crippen LogP contribution >= 0.6 is 22.9 Å². The van der Waals surface area contributed by atoms with Crippen molar-refractivity contribution in [3.05, 3.63) is 85.6 Å². The monoisotopic (exact) mass is 662 g/mol. The van der Waals surface area contributed by atoms with Crippen molar-refractivity contribution in [2.75, 3.05) is 19.6 Å². The average molecular weight is 663 g/mol. The number of fused-ring (bicyclic) bond motifs is 2. The van der Waals surface area contributed by atoms with E-state index in [0.717, 1.165) is 21.4 Å². The van der Waals surface area contributed by atoms with Gasteiger partial charge in [0, 0.05) is 41.2 Å². The highest BCUT2D eigenvalue weighted by Gasteiger charge is 2.28. The Labute approximate surface area is 271 Å². The summed E-state index contributed by atoms with van der Waals surface area (Å²) in [5.74, 6) is -0.788. The van der Waals surface area contributed by atoms with Gasteiger partial charge in [-0.2, -0.15) is 5.26 Å². The van der Waals surface area contributed by atoms with Gasteiger partial charge in [0.15, 0.2) is 0 Å². The Balaban J connectivity index is 1.30. The number of carboxylic acid groups (broad SMARTS) is 1. The summed E-state index contributed by atoms with van der Waals surface area (Å²) >= 11 is 7.71. The van der Waals surface area contributed by atoms with Gasteiger partial charge in [-0.15, -0.1) is 11.3 Å². The van der Waals surface area contributed by atoms with Gasteiger partial charge in [0.05, 0.1) is 50.7 Å². The van der Waals surface area contributed by atoms with E-state index >= 15 is 0 Å². The van der Waals surface area contributed by atoms with Crippen LogP contribution in [0.3, 0.4) is 0 Å². The normalized spacial score (nSPS) is 15.5. The third kappa shape index (κ3) is 6.10. The zero-order valence-corrected chi connectivity index (χ0v) is 26.4. The van der Waals surface area contributed by atoms with Gasteiger partial charge in [-0.05, 0) is 68.5 Å². The van der Waals surface area contributed by atoms with E-state index in [-0.39, 0.29) is 34.5 Å². The smallest absolute Gasteiger partial charge is 0.338 e. The summed E-state index contributed by atoms with van der Waals surface area (Å²) in [7, 11) is 0. The summed E-state index contributed by atoms with van der Waals surface area (Å²) in [6.45, 7) is 2.64. The summed E-state index contributed by atoms with van der Waals surface area (Å²) in [4.78, 5) is 40.7. The number of pyridine rings is 2. The predicted octanol–water partition coefficient (Wildman–Crippen LogP) is 6.68. The third-order valence-electron chi connectivity index (χ3n) is 8.49. The zero-order chi connectivity index (χ0) is 32.5. The maximum Gasteiger partial charge on any atom is 0.338 e. The molecule has 13 heteroatoms. The van der Waals surface area contributed by atoms with Crippen molar-refractivity contribution >= 4 is 50.0 Å². The maximum absolute atomic E-state index is 13.9. The molecule has 0 radical (unpaired) electrons. The van der Waals surface area contributed by atoms with Crippen LogP contribution in [0.15, 0.2) is 46.8 Å². The first-order valence-electron chi connectivity index (χ1n) is 14.8. The first-order valence-corrected chi connectivity index (χ1v) is 16.1. The van der Waals surface area contributed by atoms with Crippen molar-refractivity contribution in [3.8, 4) is 17.2 Å². The number of carboxylic acids is 1. The van der Waals surface area contributed by atoms with E-state index in [4.69, 9.17) is 11.6 Å². The van der Waals surface area contributed by atoms with Crippen LogP contribution in [-0.2, 0) is 13.0 Å². The van der Waals surface area contributed by atoms with Crippen LogP contribution in [0.5, 0.6) is 0 Å². The summed E-state index contributed by atoms with van der Waals surface area (Å²) < 4.78 is 28.5. The molecular weight excluding hydrogens is 634 g/mol. The van der Waals surface area contributed by atoms with Crippen LogP contribution in [0.1, 0.15) is 58.2 Å². The molecule has 46 heavy (non-hydrogen) atoms. The molecule has 0 bridgehead atoms. The van der Waals surface area contributed by atoms with Gasteiger partial charge >= 0.3 is 5.97 Å². The number of hydrogen-bond acceptors (Lipinski definition) is 8. The number of hydrogen-bond donors (Lipinski definition) is 1. The molecular formula is C33H29ClF2N6O3S. The van der Waals surface area contributed by atoms with Gasteiger partial charge in [0.2, 0.25) is 0 Å². The second-order valence-corrected chi connectivity index (χ2v) is 12.7. The molecule has 1 N–H and O–H groups in total. The third-order valence-corrected chi connectivity index (χ3v) is 9.73. The molecule has 1 aliphatic rings. The molecule has 0 aliphatic carbocycles. The topological polar surface area (TPSA) is 125 Å². The minimum atomic E-state index is -2.45. The summed E-state index contributed by atoms with van der Waals surface area (Å²) in [5.41, 5.74) is 3.83. The molecule has 0 amide bonds. The number of halogens is 3. The molecule has 1 fully saturated rings. The van der Waals surface area contributed by atoms with Crippen LogP contribution in [0.4, 0.5) is 8.78 Å². The number of carbonyl (C=O) groups is 1. The lowest BCUT2D eigenvalue weighted by molar-refractivity contribution is 0.0698. The molecule has 0 spiro atoms. The van der Waals surface area contributed by atoms with Crippen LogP contribution in [0, 0.1) is 18.3 Å². The first-order chi connectivity index (χ1) is 22.2. The Morgan fingerprint density at radius 1 is 1.26 bits per heavy atom. The molecule has 0 saturated carbocycles. The van der Waals surface area contributed by atoms with Crippen LogP contribution in [-0.4, -0.2) is 61.6 Å². The number of nitrogens with zero attached hydrogens (tertiary/aromatic N) is 6. The molecule has 1 aliphatic heterocycles. The minimum absolute atomic E-state index is 0.146. The first kappa shape index (κ1) is 31.7. The number of thiophene rings is 1. The molecule has 1 unspecified atom stereocenters. The SMILES string of the molecule is Cc1nc2cnc(C3CCCN(CC(F)F)C3)c(C#N)c2c(=O)n1CCCc1ccc(Cl)cc1-c1ccnc2c(C(=O)O)csc12. The molecule has 6 rings (SSSR count). The number of aromatic nitrogens is 4. The lowest BCUT2D eigenvalue weighted by Gasteiger charge is -2.32. The van der Waals surface area contributed by atoms with E-state index in [1.54, 1.807) is 34.0 Å². The zero-order valence-electron chi connectivity index (χ0n) is 24.8. The molecule has 5 aromatic rings. The standard InChI is InChI=1S/C33H29ClF2N6O3S/c1-18-40-26-14-39-29(20-5-2-10-41(15-20)16-27(35)36)24(13-37)28(26)32(43)42(18)11-3-4-19-6-7-21(34)12-23(19)22-8-9-38-30-25(33(44)45)17-46-31(22)30/h6-9,12,14,17,20,27H,2-5,10-11,15-16H2,1H3,(H,44,45). The van der Waals surface area contributed by atoms with E-state index in [1.165, 1.54) is 17.5 Å². The number of piperidine rings is 1. The van der Waals surface area contributed by atoms with Crippen molar-refractivity contribution in [2.45, 2.75) is 51.5 Å². The summed E-state index contributed by atoms with van der Waals surface area (Å²) in [6.07, 6.45) is 3.17. The average Bonchev–Trinajstić information content (AvgIpc) is 3.47. The summed E-state index contributed by atoms with van der Waals surface area (Å²) in [6, 6.07) is 9.60. The van der Waals surface area contributed by atoms with Crippen LogP contribution in [0.25, 0.3) is 32.2 Å². The highest BCUT2D eigenvalue weighted by atomic mass is 35.5. The van der Waals surface area contributed by atoms with Gasteiger partial charge in [0.25, 0.3) is 12.0 Å². The van der Waals surface area contributed by atoms with Gasteiger partial charge in [-0.1, -0.05) is 17.7 Å². The molecule has 1 atom stereocenters. The maximum atomic E-state index is 13.9. The van der Waals surface area contributed by atoms with Gasteiger partial charge in [-0.3, -0.25) is 24.2 Å². The van der Waals surface area contributed by atoms with Crippen LogP contribution in [0.2, 0.25) is 5.02 Å². The molecule has 5 heterocycles. The molecule has 9 nitrogen and oxygen atoms in total. The fourth-order valence-electron chi connectivity index (χ4n) is 6.40. The molecule has 236 valence electrons. The fraction of sp³-hybridized carbons (Fsp3) is 0.333. The fourth-order valence-corrected chi connectivity index (χ4v) is 7.60. The second kappa shape index (κ2) is 13.2. The van der Waals surface area contributed by atoms with E-state index in [2.05, 4.69) is 21.0 Å². The highest BCUT2D eigenvalue weighted by Crippen LogP contribution is 2.37. The number of aryl methyl sites for hydroxylation is 2. The second-order valence-electron chi connectivity index (χ2n) is 11.4. The Morgan fingerprint density at radius 3 is 2.85 bits per heavy atom. The number of aromatic carboxylic acids is 1. The van der Waals surface area contributed by atoms with Crippen molar-refractivity contribution in [2.24, 2.45) is 0 Å². The molecule has 1 saturated heterocycles. The van der Waals surface area contributed by atoms with E-state index in [9.17, 15) is 28.7 Å². The quantitative estimate of drug-likeness (QED) is 0.185. The highest BCUT2D eigenvalue weighted by molar-refractivity contribution is 7.18. The Kier molecular flexibility index (Phi) is 9.08. The van der Waals surface area contributed by atoms with Crippen LogP contribution < -0.4 is 5.56 Å². The lowest BCUT2D eigenvalue weighted by atomic mass is 9.90. The van der Waals surface area contributed by atoms with Crippen molar-refractivity contribution in [1.82, 2.24) is 24.4 Å². The van der Waals surface area contributed by atoms with Crippen molar-refractivity contribution < 1.29 is 18.7 Å².